The summed E-state index contributed by atoms with van der Waals surface area (Å²) in [4.78, 5) is 24.5. The average molecular weight is 614 g/mol. The Morgan fingerprint density at radius 1 is 1.07 bits per heavy atom. The number of carbonyl (C=O) groups is 1. The fourth-order valence-corrected chi connectivity index (χ4v) is 6.65. The fourth-order valence-electron chi connectivity index (χ4n) is 5.40. The van der Waals surface area contributed by atoms with E-state index in [0.29, 0.717) is 17.2 Å². The van der Waals surface area contributed by atoms with E-state index in [2.05, 4.69) is 29.1 Å². The molecule has 1 atom stereocenters. The van der Waals surface area contributed by atoms with Crippen molar-refractivity contribution in [1.82, 2.24) is 9.97 Å². The topological polar surface area (TPSA) is 84.8 Å². The molecule has 1 N–H and O–H groups in total. The van der Waals surface area contributed by atoms with Gasteiger partial charge in [-0.2, -0.15) is 0 Å². The Labute approximate surface area is 259 Å². The summed E-state index contributed by atoms with van der Waals surface area (Å²) in [6.07, 6.45) is 0.621. The molecule has 5 aromatic rings. The third kappa shape index (κ3) is 5.83. The molecule has 220 valence electrons. The second-order valence-corrected chi connectivity index (χ2v) is 13.1. The van der Waals surface area contributed by atoms with Gasteiger partial charge in [0, 0.05) is 40.5 Å². The molecule has 0 saturated carbocycles. The lowest BCUT2D eigenvalue weighted by molar-refractivity contribution is -0.160. The molecule has 0 spiro atoms. The molecule has 6 rings (SSSR count). The summed E-state index contributed by atoms with van der Waals surface area (Å²) in [6, 6.07) is 19.5. The van der Waals surface area contributed by atoms with Crippen molar-refractivity contribution >= 4 is 44.8 Å². The number of thiazole rings is 1. The number of carboxylic acids is 1. The van der Waals surface area contributed by atoms with E-state index in [1.54, 1.807) is 6.20 Å². The second-order valence-electron chi connectivity index (χ2n) is 11.7. The first-order valence-corrected chi connectivity index (χ1v) is 15.2. The van der Waals surface area contributed by atoms with Crippen LogP contribution in [0, 0.1) is 6.92 Å². The minimum absolute atomic E-state index is 0.600. The number of fused-ring (bicyclic) bond motifs is 2. The number of hydrogen-bond donors (Lipinski definition) is 1. The van der Waals surface area contributed by atoms with Gasteiger partial charge < -0.3 is 19.5 Å². The van der Waals surface area contributed by atoms with Crippen LogP contribution in [0.25, 0.3) is 43.2 Å². The molecule has 0 radical (unpaired) electrons. The van der Waals surface area contributed by atoms with E-state index in [-0.39, 0.29) is 0 Å². The summed E-state index contributed by atoms with van der Waals surface area (Å²) in [7, 11) is 2.06. The molecular weight excluding hydrogens is 582 g/mol. The van der Waals surface area contributed by atoms with E-state index >= 15 is 0 Å². The number of aryl methyl sites for hydroxylation is 1. The van der Waals surface area contributed by atoms with Gasteiger partial charge in [0.2, 0.25) is 0 Å². The summed E-state index contributed by atoms with van der Waals surface area (Å²) in [5.41, 5.74) is 6.91. The van der Waals surface area contributed by atoms with Crippen molar-refractivity contribution in [3.8, 4) is 38.7 Å². The van der Waals surface area contributed by atoms with Gasteiger partial charge >= 0.3 is 5.97 Å². The van der Waals surface area contributed by atoms with Crippen molar-refractivity contribution in [3.05, 3.63) is 83.0 Å². The van der Waals surface area contributed by atoms with Crippen LogP contribution in [0.4, 0.5) is 5.69 Å². The summed E-state index contributed by atoms with van der Waals surface area (Å²) >= 11 is 7.76. The molecule has 1 unspecified atom stereocenters. The number of benzene rings is 3. The molecule has 3 aromatic carbocycles. The standard InChI is InChI=1S/C34H32ClN3O4S/c1-19-16-25-31(29(20-6-9-23(35)10-7-20)28(19)30(33(39)40)42-34(2,3)4)43-32(37-25)22-12-13-36-24(17-22)21-8-11-26-27(18-21)41-15-14-38(26)5/h6-13,16-18,30H,14-15H2,1-5H3,(H,39,40). The van der Waals surface area contributed by atoms with Crippen molar-refractivity contribution in [3.63, 3.8) is 0 Å². The maximum Gasteiger partial charge on any atom is 0.337 e. The Morgan fingerprint density at radius 3 is 2.53 bits per heavy atom. The summed E-state index contributed by atoms with van der Waals surface area (Å²) in [6.45, 7) is 8.99. The molecule has 0 saturated heterocycles. The number of aliphatic carboxylic acids is 1. The van der Waals surface area contributed by atoms with E-state index in [1.165, 1.54) is 11.3 Å². The molecule has 43 heavy (non-hydrogen) atoms. The minimum Gasteiger partial charge on any atom is -0.490 e. The Bertz CT molecular complexity index is 1850. The van der Waals surface area contributed by atoms with E-state index < -0.39 is 17.7 Å². The van der Waals surface area contributed by atoms with E-state index in [0.717, 1.165) is 66.7 Å². The smallest absolute Gasteiger partial charge is 0.337 e. The van der Waals surface area contributed by atoms with E-state index in [9.17, 15) is 9.90 Å². The van der Waals surface area contributed by atoms with Crippen LogP contribution in [0.3, 0.4) is 0 Å². The number of aromatic nitrogens is 2. The van der Waals surface area contributed by atoms with Crippen LogP contribution in [-0.4, -0.2) is 46.8 Å². The maximum atomic E-state index is 12.6. The van der Waals surface area contributed by atoms with Gasteiger partial charge in [-0.3, -0.25) is 4.98 Å². The van der Waals surface area contributed by atoms with Crippen molar-refractivity contribution in [2.45, 2.75) is 39.4 Å². The first kappa shape index (κ1) is 29.1. The highest BCUT2D eigenvalue weighted by Gasteiger charge is 2.32. The van der Waals surface area contributed by atoms with Crippen molar-refractivity contribution in [2.75, 3.05) is 25.1 Å². The van der Waals surface area contributed by atoms with Gasteiger partial charge in [-0.05, 0) is 81.3 Å². The second kappa shape index (κ2) is 11.3. The van der Waals surface area contributed by atoms with Crippen molar-refractivity contribution in [1.29, 1.82) is 0 Å². The van der Waals surface area contributed by atoms with Crippen molar-refractivity contribution < 1.29 is 19.4 Å². The lowest BCUT2D eigenvalue weighted by atomic mass is 9.91. The predicted molar refractivity (Wildman–Crippen MR) is 173 cm³/mol. The highest BCUT2D eigenvalue weighted by atomic mass is 35.5. The van der Waals surface area contributed by atoms with Crippen LogP contribution < -0.4 is 9.64 Å². The minimum atomic E-state index is -1.17. The molecule has 1 aliphatic heterocycles. The molecule has 0 amide bonds. The van der Waals surface area contributed by atoms with Gasteiger partial charge in [-0.15, -0.1) is 11.3 Å². The molecule has 0 aliphatic carbocycles. The van der Waals surface area contributed by atoms with Gasteiger partial charge in [0.05, 0.1) is 33.7 Å². The number of ether oxygens (including phenoxy) is 2. The lowest BCUT2D eigenvalue weighted by Gasteiger charge is -2.28. The van der Waals surface area contributed by atoms with Gasteiger partial charge in [-0.1, -0.05) is 29.8 Å². The number of halogens is 1. The molecular formula is C34H32ClN3O4S. The molecule has 7 nitrogen and oxygen atoms in total. The number of anilines is 1. The number of carboxylic acid groups (broad SMARTS) is 1. The Hall–Kier alpha value is -3.98. The third-order valence-corrected chi connectivity index (χ3v) is 8.77. The maximum absolute atomic E-state index is 12.6. The summed E-state index contributed by atoms with van der Waals surface area (Å²) < 4.78 is 12.9. The highest BCUT2D eigenvalue weighted by molar-refractivity contribution is 7.22. The molecule has 0 fully saturated rings. The zero-order valence-electron chi connectivity index (χ0n) is 24.6. The monoisotopic (exact) mass is 613 g/mol. The molecule has 0 bridgehead atoms. The molecule has 2 aromatic heterocycles. The highest BCUT2D eigenvalue weighted by Crippen LogP contribution is 2.45. The zero-order chi connectivity index (χ0) is 30.5. The van der Waals surface area contributed by atoms with Crippen LogP contribution in [0.5, 0.6) is 5.75 Å². The SMILES string of the molecule is Cc1cc2nc(-c3ccnc(-c4ccc5c(c4)OCCN5C)c3)sc2c(-c2ccc(Cl)cc2)c1C(OC(C)(C)C)C(=O)O. The van der Waals surface area contributed by atoms with Crippen LogP contribution in [0.15, 0.2) is 66.9 Å². The van der Waals surface area contributed by atoms with Crippen LogP contribution in [-0.2, 0) is 9.53 Å². The molecule has 3 heterocycles. The number of rotatable bonds is 6. The largest absolute Gasteiger partial charge is 0.490 e. The molecule has 1 aliphatic rings. The fraction of sp³-hybridized carbons (Fsp3) is 0.265. The Morgan fingerprint density at radius 2 is 1.81 bits per heavy atom. The first-order valence-electron chi connectivity index (χ1n) is 14.0. The normalized spacial score (nSPS) is 14.0. The van der Waals surface area contributed by atoms with Gasteiger partial charge in [-0.25, -0.2) is 9.78 Å². The number of hydrogen-bond acceptors (Lipinski definition) is 7. The predicted octanol–water partition coefficient (Wildman–Crippen LogP) is 8.42. The van der Waals surface area contributed by atoms with Gasteiger partial charge in [0.1, 0.15) is 17.4 Å². The summed E-state index contributed by atoms with van der Waals surface area (Å²) in [5, 5.41) is 11.7. The van der Waals surface area contributed by atoms with Gasteiger partial charge in [0.15, 0.2) is 6.10 Å². The van der Waals surface area contributed by atoms with E-state index in [1.807, 2.05) is 76.2 Å². The number of likely N-dealkylation sites (N-methyl/N-ethyl adjacent to an activating group) is 1. The Balaban J connectivity index is 1.50. The lowest BCUT2D eigenvalue weighted by Crippen LogP contribution is -2.28. The average Bonchev–Trinajstić information content (AvgIpc) is 3.39. The zero-order valence-corrected chi connectivity index (χ0v) is 26.2. The van der Waals surface area contributed by atoms with Gasteiger partial charge in [0.25, 0.3) is 0 Å². The first-order chi connectivity index (χ1) is 20.5. The number of pyridine rings is 1. The third-order valence-electron chi connectivity index (χ3n) is 7.38. The molecule has 9 heteroatoms. The van der Waals surface area contributed by atoms with Crippen LogP contribution in [0.2, 0.25) is 5.02 Å². The van der Waals surface area contributed by atoms with Crippen LogP contribution >= 0.6 is 22.9 Å². The summed E-state index contributed by atoms with van der Waals surface area (Å²) in [5.74, 6) is -0.198. The number of nitrogens with zero attached hydrogens (tertiary/aromatic N) is 3. The quantitative estimate of drug-likeness (QED) is 0.206. The van der Waals surface area contributed by atoms with Crippen molar-refractivity contribution in [2.24, 2.45) is 0 Å². The Kier molecular flexibility index (Phi) is 7.62. The van der Waals surface area contributed by atoms with E-state index in [4.69, 9.17) is 26.1 Å². The van der Waals surface area contributed by atoms with Crippen LogP contribution in [0.1, 0.15) is 38.0 Å².